The molecule has 0 amide bonds. The van der Waals surface area contributed by atoms with E-state index in [9.17, 15) is 4.57 Å². The van der Waals surface area contributed by atoms with E-state index in [0.717, 1.165) is 0 Å². The van der Waals surface area contributed by atoms with Gasteiger partial charge in [-0.15, -0.1) is 0 Å². The second-order valence-corrected chi connectivity index (χ2v) is 5.10. The third-order valence-electron chi connectivity index (χ3n) is 1.27. The van der Waals surface area contributed by atoms with Crippen LogP contribution in [0.15, 0.2) is 0 Å². The van der Waals surface area contributed by atoms with E-state index in [1.807, 2.05) is 13.8 Å². The van der Waals surface area contributed by atoms with Gasteiger partial charge in [0.2, 0.25) is 0 Å². The third-order valence-corrected chi connectivity index (χ3v) is 2.00. The maximum absolute atomic E-state index is 10.5. The SMILES string of the molecule is CC(C)CC(C)(C)OP(=O)(O)O. The van der Waals surface area contributed by atoms with Crippen LogP contribution in [0.2, 0.25) is 0 Å². The van der Waals surface area contributed by atoms with Crippen molar-refractivity contribution in [1.29, 1.82) is 0 Å². The molecule has 0 saturated heterocycles. The summed E-state index contributed by atoms with van der Waals surface area (Å²) in [5.74, 6) is 0.353. The Bertz CT molecular complexity index is 182. The molecule has 0 radical (unpaired) electrons. The molecule has 0 bridgehead atoms. The van der Waals surface area contributed by atoms with Crippen molar-refractivity contribution >= 4 is 7.82 Å². The lowest BCUT2D eigenvalue weighted by Crippen LogP contribution is -2.25. The second kappa shape index (κ2) is 3.88. The van der Waals surface area contributed by atoms with Gasteiger partial charge in [0.05, 0.1) is 5.60 Å². The average Bonchev–Trinajstić information content (AvgIpc) is 1.48. The van der Waals surface area contributed by atoms with Crippen LogP contribution in [0.5, 0.6) is 0 Å². The maximum Gasteiger partial charge on any atom is 0.470 e. The number of phosphoric ester groups is 1. The molecular formula is C7H17O4P. The molecule has 0 fully saturated rings. The van der Waals surface area contributed by atoms with Crippen LogP contribution in [0.1, 0.15) is 34.1 Å². The van der Waals surface area contributed by atoms with E-state index in [0.29, 0.717) is 12.3 Å². The molecule has 0 aromatic carbocycles. The molecule has 0 unspecified atom stereocenters. The molecular weight excluding hydrogens is 179 g/mol. The zero-order chi connectivity index (χ0) is 9.99. The predicted octanol–water partition coefficient (Wildman–Crippen LogP) is 1.92. The van der Waals surface area contributed by atoms with E-state index < -0.39 is 13.4 Å². The quantitative estimate of drug-likeness (QED) is 0.674. The minimum Gasteiger partial charge on any atom is -0.303 e. The minimum atomic E-state index is -4.34. The predicted molar refractivity (Wildman–Crippen MR) is 46.7 cm³/mol. The van der Waals surface area contributed by atoms with Gasteiger partial charge in [0, 0.05) is 0 Å². The number of rotatable bonds is 4. The Morgan fingerprint density at radius 3 is 2.08 bits per heavy atom. The molecule has 2 N–H and O–H groups in total. The van der Waals surface area contributed by atoms with Crippen molar-refractivity contribution in [2.24, 2.45) is 5.92 Å². The molecule has 0 aromatic rings. The number of hydrogen-bond acceptors (Lipinski definition) is 2. The summed E-state index contributed by atoms with van der Waals surface area (Å²) in [6, 6.07) is 0. The Morgan fingerprint density at radius 1 is 1.42 bits per heavy atom. The van der Waals surface area contributed by atoms with Gasteiger partial charge in [-0.3, -0.25) is 4.52 Å². The molecule has 0 atom stereocenters. The molecule has 12 heavy (non-hydrogen) atoms. The fourth-order valence-corrected chi connectivity index (χ4v) is 2.06. The standard InChI is InChI=1S/C7H17O4P/c1-6(2)5-7(3,4)11-12(8,9)10/h6H,5H2,1-4H3,(H2,8,9,10). The van der Waals surface area contributed by atoms with Gasteiger partial charge in [0.15, 0.2) is 0 Å². The summed E-state index contributed by atoms with van der Waals surface area (Å²) in [5.41, 5.74) is -0.757. The van der Waals surface area contributed by atoms with Crippen molar-refractivity contribution in [2.45, 2.75) is 39.7 Å². The van der Waals surface area contributed by atoms with Crippen LogP contribution < -0.4 is 0 Å². The Morgan fingerprint density at radius 2 is 1.83 bits per heavy atom. The lowest BCUT2D eigenvalue weighted by Gasteiger charge is -2.26. The Hall–Kier alpha value is 0.110. The smallest absolute Gasteiger partial charge is 0.303 e. The minimum absolute atomic E-state index is 0.353. The molecule has 0 aliphatic rings. The fraction of sp³-hybridized carbons (Fsp3) is 1.00. The van der Waals surface area contributed by atoms with Gasteiger partial charge in [0.1, 0.15) is 0 Å². The molecule has 74 valence electrons. The molecule has 0 aromatic heterocycles. The zero-order valence-electron chi connectivity index (χ0n) is 7.94. The first-order valence-electron chi connectivity index (χ1n) is 3.89. The highest BCUT2D eigenvalue weighted by molar-refractivity contribution is 7.46. The molecule has 0 aliphatic heterocycles. The van der Waals surface area contributed by atoms with Crippen LogP contribution in [-0.2, 0) is 9.09 Å². The maximum atomic E-state index is 10.5. The van der Waals surface area contributed by atoms with Gasteiger partial charge in [-0.1, -0.05) is 13.8 Å². The van der Waals surface area contributed by atoms with Crippen LogP contribution in [-0.4, -0.2) is 15.4 Å². The van der Waals surface area contributed by atoms with Gasteiger partial charge in [-0.25, -0.2) is 4.57 Å². The summed E-state index contributed by atoms with van der Waals surface area (Å²) >= 11 is 0. The summed E-state index contributed by atoms with van der Waals surface area (Å²) in [5, 5.41) is 0. The zero-order valence-corrected chi connectivity index (χ0v) is 8.84. The van der Waals surface area contributed by atoms with E-state index in [2.05, 4.69) is 4.52 Å². The van der Waals surface area contributed by atoms with E-state index >= 15 is 0 Å². The molecule has 0 spiro atoms. The second-order valence-electron chi connectivity index (χ2n) is 3.94. The van der Waals surface area contributed by atoms with E-state index in [4.69, 9.17) is 9.79 Å². The molecule has 5 heteroatoms. The molecule has 0 saturated carbocycles. The monoisotopic (exact) mass is 196 g/mol. The summed E-state index contributed by atoms with van der Waals surface area (Å²) in [7, 11) is -4.34. The van der Waals surface area contributed by atoms with Gasteiger partial charge in [-0.2, -0.15) is 0 Å². The lowest BCUT2D eigenvalue weighted by atomic mass is 9.97. The normalized spacial score (nSPS) is 13.9. The van der Waals surface area contributed by atoms with E-state index in [-0.39, 0.29) is 0 Å². The van der Waals surface area contributed by atoms with Crippen molar-refractivity contribution in [3.05, 3.63) is 0 Å². The van der Waals surface area contributed by atoms with Crippen LogP contribution >= 0.6 is 7.82 Å². The van der Waals surface area contributed by atoms with Crippen molar-refractivity contribution in [3.63, 3.8) is 0 Å². The Labute approximate surface area is 73.2 Å². The topological polar surface area (TPSA) is 66.8 Å². The summed E-state index contributed by atoms with van der Waals surface area (Å²) in [4.78, 5) is 17.1. The lowest BCUT2D eigenvalue weighted by molar-refractivity contribution is 0.0479. The highest BCUT2D eigenvalue weighted by Gasteiger charge is 2.29. The van der Waals surface area contributed by atoms with Crippen molar-refractivity contribution in [2.75, 3.05) is 0 Å². The Kier molecular flexibility index (Phi) is 3.91. The highest BCUT2D eigenvalue weighted by atomic mass is 31.2. The van der Waals surface area contributed by atoms with Gasteiger partial charge < -0.3 is 9.79 Å². The summed E-state index contributed by atoms with van der Waals surface area (Å²) in [6.07, 6.45) is 0.623. The van der Waals surface area contributed by atoms with E-state index in [1.54, 1.807) is 13.8 Å². The van der Waals surface area contributed by atoms with Crippen LogP contribution in [0, 0.1) is 5.92 Å². The number of phosphoric acid groups is 1. The van der Waals surface area contributed by atoms with Crippen LogP contribution in [0.25, 0.3) is 0 Å². The fourth-order valence-electron chi connectivity index (χ4n) is 1.34. The first-order chi connectivity index (χ1) is 5.12. The molecule has 0 rings (SSSR count). The van der Waals surface area contributed by atoms with Crippen LogP contribution in [0.4, 0.5) is 0 Å². The van der Waals surface area contributed by atoms with Crippen molar-refractivity contribution in [1.82, 2.24) is 0 Å². The first-order valence-corrected chi connectivity index (χ1v) is 5.42. The number of hydrogen-bond donors (Lipinski definition) is 2. The van der Waals surface area contributed by atoms with Gasteiger partial charge in [0.25, 0.3) is 0 Å². The van der Waals surface area contributed by atoms with E-state index in [1.165, 1.54) is 0 Å². The van der Waals surface area contributed by atoms with Crippen molar-refractivity contribution < 1.29 is 18.9 Å². The summed E-state index contributed by atoms with van der Waals surface area (Å²) in [6.45, 7) is 7.30. The largest absolute Gasteiger partial charge is 0.470 e. The van der Waals surface area contributed by atoms with Crippen molar-refractivity contribution in [3.8, 4) is 0 Å². The average molecular weight is 196 g/mol. The van der Waals surface area contributed by atoms with Crippen LogP contribution in [0.3, 0.4) is 0 Å². The van der Waals surface area contributed by atoms with Gasteiger partial charge >= 0.3 is 7.82 Å². The third kappa shape index (κ3) is 6.80. The first kappa shape index (κ1) is 12.1. The van der Waals surface area contributed by atoms with Gasteiger partial charge in [-0.05, 0) is 26.2 Å². The molecule has 4 nitrogen and oxygen atoms in total. The Balaban J connectivity index is 4.14. The highest BCUT2D eigenvalue weighted by Crippen LogP contribution is 2.43. The molecule has 0 heterocycles. The molecule has 0 aliphatic carbocycles. The summed E-state index contributed by atoms with van der Waals surface area (Å²) < 4.78 is 15.1.